The molecule has 0 aromatic carbocycles. The van der Waals surface area contributed by atoms with Crippen LogP contribution in [-0.4, -0.2) is 82.9 Å². The van der Waals surface area contributed by atoms with E-state index in [-0.39, 0.29) is 28.5 Å². The minimum atomic E-state index is -3.82. The molecule has 0 atom stereocenters. The van der Waals surface area contributed by atoms with E-state index in [9.17, 15) is 13.6 Å². The molecule has 0 unspecified atom stereocenters. The van der Waals surface area contributed by atoms with Crippen LogP contribution in [0.4, 0.5) is 5.69 Å². The number of likely N-dealkylation sites (N-methyl/N-ethyl adjacent to an activating group) is 1. The fraction of sp³-hybridized carbons (Fsp3) is 0.500. The van der Waals surface area contributed by atoms with Gasteiger partial charge in [-0.3, -0.25) is 5.10 Å². The van der Waals surface area contributed by atoms with Crippen molar-refractivity contribution < 1.29 is 23.0 Å². The van der Waals surface area contributed by atoms with Crippen LogP contribution in [0.5, 0.6) is 5.88 Å². The Kier molecular flexibility index (Phi) is 6.76. The Bertz CT molecular complexity index is 1210. The van der Waals surface area contributed by atoms with E-state index in [1.54, 1.807) is 0 Å². The first-order valence-corrected chi connectivity index (χ1v) is 13.0. The molecule has 0 saturated carbocycles. The van der Waals surface area contributed by atoms with Gasteiger partial charge in [-0.25, -0.2) is 23.6 Å². The number of aliphatic imine (C=N–C) groups is 1. The van der Waals surface area contributed by atoms with Crippen LogP contribution in [0.25, 0.3) is 5.70 Å². The first-order chi connectivity index (χ1) is 16.2. The molecule has 2 aliphatic heterocycles. The van der Waals surface area contributed by atoms with Crippen molar-refractivity contribution in [2.45, 2.75) is 38.5 Å². The van der Waals surface area contributed by atoms with Gasteiger partial charge in [0.1, 0.15) is 41.7 Å². The summed E-state index contributed by atoms with van der Waals surface area (Å²) >= 11 is 0. The molecular weight excluding hydrogens is 458 g/mol. The number of hydroxylamine groups is 3. The van der Waals surface area contributed by atoms with Crippen LogP contribution in [0.2, 0.25) is 0 Å². The SMILES string of the molecule is C=C1NC(c2cc(S(=O)(=O)N3CC[N+](O)(CC)CC3)cnc2OCC)=Nc2c1n[nH]c2CCC. The second-order valence-corrected chi connectivity index (χ2v) is 10.4. The summed E-state index contributed by atoms with van der Waals surface area (Å²) in [6.07, 6.45) is 3.00. The zero-order chi connectivity index (χ0) is 24.5. The van der Waals surface area contributed by atoms with E-state index in [0.717, 1.165) is 18.5 Å². The number of hydrogen-bond acceptors (Lipinski definition) is 8. The fourth-order valence-electron chi connectivity index (χ4n) is 4.12. The molecular formula is C22H32N7O4S+. The van der Waals surface area contributed by atoms with Gasteiger partial charge in [-0.2, -0.15) is 14.1 Å². The minimum Gasteiger partial charge on any atom is -0.477 e. The van der Waals surface area contributed by atoms with Gasteiger partial charge in [0.2, 0.25) is 15.9 Å². The van der Waals surface area contributed by atoms with Crippen molar-refractivity contribution in [3.8, 4) is 5.88 Å². The normalized spacial score (nSPS) is 18.2. The number of aromatic nitrogens is 3. The van der Waals surface area contributed by atoms with Crippen molar-refractivity contribution in [1.29, 1.82) is 0 Å². The Morgan fingerprint density at radius 1 is 1.26 bits per heavy atom. The molecule has 0 aliphatic carbocycles. The lowest BCUT2D eigenvalue weighted by molar-refractivity contribution is -1.10. The number of H-pyrrole nitrogens is 1. The van der Waals surface area contributed by atoms with Crippen molar-refractivity contribution in [2.75, 3.05) is 39.3 Å². The van der Waals surface area contributed by atoms with Crippen molar-refractivity contribution >= 4 is 27.2 Å². The third kappa shape index (κ3) is 4.45. The van der Waals surface area contributed by atoms with E-state index < -0.39 is 10.0 Å². The lowest BCUT2D eigenvalue weighted by atomic mass is 10.1. The lowest BCUT2D eigenvalue weighted by Gasteiger charge is -2.37. The predicted molar refractivity (Wildman–Crippen MR) is 127 cm³/mol. The van der Waals surface area contributed by atoms with Crippen LogP contribution >= 0.6 is 0 Å². The average molecular weight is 491 g/mol. The predicted octanol–water partition coefficient (Wildman–Crippen LogP) is 2.04. The molecule has 11 nitrogen and oxygen atoms in total. The number of aryl methyl sites for hydroxylation is 1. The van der Waals surface area contributed by atoms with Gasteiger partial charge in [0, 0.05) is 0 Å². The number of rotatable bonds is 8. The van der Waals surface area contributed by atoms with Crippen LogP contribution in [0.1, 0.15) is 44.1 Å². The van der Waals surface area contributed by atoms with E-state index in [2.05, 4.69) is 34.0 Å². The average Bonchev–Trinajstić information content (AvgIpc) is 3.23. The van der Waals surface area contributed by atoms with Crippen molar-refractivity contribution in [1.82, 2.24) is 24.8 Å². The van der Waals surface area contributed by atoms with Crippen molar-refractivity contribution in [2.24, 2.45) is 4.99 Å². The van der Waals surface area contributed by atoms with Crippen molar-refractivity contribution in [3.63, 3.8) is 0 Å². The van der Waals surface area contributed by atoms with Crippen LogP contribution < -0.4 is 10.1 Å². The molecule has 0 spiro atoms. The monoisotopic (exact) mass is 490 g/mol. The number of nitrogens with zero attached hydrogens (tertiary/aromatic N) is 5. The smallest absolute Gasteiger partial charge is 0.245 e. The summed E-state index contributed by atoms with van der Waals surface area (Å²) in [4.78, 5) is 9.11. The van der Waals surface area contributed by atoms with Crippen LogP contribution in [0.3, 0.4) is 0 Å². The number of aromatic amines is 1. The third-order valence-electron chi connectivity index (χ3n) is 6.21. The quantitative estimate of drug-likeness (QED) is 0.482. The fourth-order valence-corrected chi connectivity index (χ4v) is 5.51. The Balaban J connectivity index is 1.73. The molecule has 0 amide bonds. The molecule has 3 N–H and O–H groups in total. The summed E-state index contributed by atoms with van der Waals surface area (Å²) in [6, 6.07) is 1.53. The molecule has 4 rings (SSSR count). The van der Waals surface area contributed by atoms with E-state index in [1.807, 2.05) is 13.8 Å². The second kappa shape index (κ2) is 9.45. The number of piperazine rings is 1. The number of sulfonamides is 1. The van der Waals surface area contributed by atoms with Gasteiger partial charge in [0.05, 0.1) is 42.8 Å². The van der Waals surface area contributed by atoms with Gasteiger partial charge < -0.3 is 10.1 Å². The van der Waals surface area contributed by atoms with Gasteiger partial charge in [-0.1, -0.05) is 19.9 Å². The number of hydrogen-bond donors (Lipinski definition) is 3. The van der Waals surface area contributed by atoms with E-state index >= 15 is 0 Å². The zero-order valence-electron chi connectivity index (χ0n) is 19.8. The zero-order valence-corrected chi connectivity index (χ0v) is 20.7. The van der Waals surface area contributed by atoms with Crippen LogP contribution in [0, 0.1) is 0 Å². The van der Waals surface area contributed by atoms with Gasteiger partial charge in [-0.05, 0) is 26.3 Å². The molecule has 184 valence electrons. The first kappa shape index (κ1) is 24.3. The lowest BCUT2D eigenvalue weighted by Crippen LogP contribution is -2.58. The molecule has 4 heterocycles. The Morgan fingerprint density at radius 2 is 2.00 bits per heavy atom. The number of fused-ring (bicyclic) bond motifs is 1. The minimum absolute atomic E-state index is 0.0438. The number of quaternary nitrogens is 1. The molecule has 2 aromatic rings. The maximum Gasteiger partial charge on any atom is 0.245 e. The Morgan fingerprint density at radius 3 is 2.65 bits per heavy atom. The third-order valence-corrected chi connectivity index (χ3v) is 8.08. The summed E-state index contributed by atoms with van der Waals surface area (Å²) in [5.74, 6) is 0.681. The van der Waals surface area contributed by atoms with E-state index in [0.29, 0.717) is 54.7 Å². The summed E-state index contributed by atoms with van der Waals surface area (Å²) in [5.41, 5.74) is 3.20. The Labute approximate surface area is 199 Å². The standard InChI is InChI=1S/C22H32N7O4S/c1-5-8-18-20-19(27-26-18)15(4)24-21(25-20)17-13-16(14-23-22(17)33-7-3)34(31,32)28-9-11-29(30,6-2)12-10-28/h13-14,30H,4-12H2,1-3H3,(H,24,25)(H,26,27)/q+1. The van der Waals surface area contributed by atoms with Gasteiger partial charge >= 0.3 is 0 Å². The van der Waals surface area contributed by atoms with E-state index in [4.69, 9.17) is 9.73 Å². The first-order valence-electron chi connectivity index (χ1n) is 11.6. The summed E-state index contributed by atoms with van der Waals surface area (Å²) in [5, 5.41) is 20.9. The number of nitrogens with one attached hydrogen (secondary N) is 2. The van der Waals surface area contributed by atoms with Crippen LogP contribution in [-0.2, 0) is 16.4 Å². The topological polar surface area (TPSA) is 133 Å². The second-order valence-electron chi connectivity index (χ2n) is 8.43. The summed E-state index contributed by atoms with van der Waals surface area (Å²) in [7, 11) is -3.82. The largest absolute Gasteiger partial charge is 0.477 e. The molecule has 1 saturated heterocycles. The number of ether oxygens (including phenoxy) is 1. The molecule has 34 heavy (non-hydrogen) atoms. The van der Waals surface area contributed by atoms with E-state index in [1.165, 1.54) is 16.6 Å². The molecule has 0 radical (unpaired) electrons. The van der Waals surface area contributed by atoms with Crippen LogP contribution in [0.15, 0.2) is 28.7 Å². The number of pyridine rings is 1. The molecule has 2 aromatic heterocycles. The molecule has 12 heteroatoms. The van der Waals surface area contributed by atoms with Gasteiger partial charge in [0.25, 0.3) is 0 Å². The van der Waals surface area contributed by atoms with Gasteiger partial charge in [-0.15, -0.1) is 0 Å². The molecule has 0 bridgehead atoms. The summed E-state index contributed by atoms with van der Waals surface area (Å²) in [6.45, 7) is 11.9. The van der Waals surface area contributed by atoms with Crippen molar-refractivity contribution in [3.05, 3.63) is 35.8 Å². The highest BCUT2D eigenvalue weighted by atomic mass is 32.2. The highest BCUT2D eigenvalue weighted by molar-refractivity contribution is 7.89. The highest BCUT2D eigenvalue weighted by Crippen LogP contribution is 2.33. The maximum atomic E-state index is 13.4. The maximum absolute atomic E-state index is 13.4. The molecule has 2 aliphatic rings. The number of amidine groups is 1. The summed E-state index contributed by atoms with van der Waals surface area (Å²) < 4.78 is 33.8. The highest BCUT2D eigenvalue weighted by Gasteiger charge is 2.37. The van der Waals surface area contributed by atoms with Gasteiger partial charge in [0.15, 0.2) is 0 Å². The Hall–Kier alpha value is -2.80. The molecule has 1 fully saturated rings.